The summed E-state index contributed by atoms with van der Waals surface area (Å²) in [5.41, 5.74) is 1.13. The van der Waals surface area contributed by atoms with Gasteiger partial charge in [-0.05, 0) is 32.9 Å². The fourth-order valence-corrected chi connectivity index (χ4v) is 3.52. The molecule has 8 heteroatoms. The topological polar surface area (TPSA) is 63.3 Å². The second-order valence-corrected chi connectivity index (χ2v) is 6.96. The predicted molar refractivity (Wildman–Crippen MR) is 119 cm³/mol. The van der Waals surface area contributed by atoms with Gasteiger partial charge in [0.15, 0.2) is 11.5 Å². The van der Waals surface area contributed by atoms with Gasteiger partial charge in [0.1, 0.15) is 5.82 Å². The molecule has 0 radical (unpaired) electrons. The first-order chi connectivity index (χ1) is 15.1. The summed E-state index contributed by atoms with van der Waals surface area (Å²) in [6.45, 7) is 9.16. The van der Waals surface area contributed by atoms with Crippen LogP contribution in [0.5, 0.6) is 17.2 Å². The van der Waals surface area contributed by atoms with E-state index in [1.807, 2.05) is 31.7 Å². The van der Waals surface area contributed by atoms with Gasteiger partial charge in [0, 0.05) is 38.3 Å². The van der Waals surface area contributed by atoms with Crippen LogP contribution in [0.25, 0.3) is 0 Å². The Kier molecular flexibility index (Phi) is 7.81. The van der Waals surface area contributed by atoms with Gasteiger partial charge in [0.2, 0.25) is 5.75 Å². The first kappa shape index (κ1) is 22.5. The third-order valence-corrected chi connectivity index (χ3v) is 4.92. The summed E-state index contributed by atoms with van der Waals surface area (Å²) < 4.78 is 31.2. The van der Waals surface area contributed by atoms with E-state index in [-0.39, 0.29) is 11.8 Å². The van der Waals surface area contributed by atoms with Crippen molar-refractivity contribution in [2.24, 2.45) is 0 Å². The van der Waals surface area contributed by atoms with Crippen molar-refractivity contribution in [2.75, 3.05) is 56.2 Å². The van der Waals surface area contributed by atoms with Crippen molar-refractivity contribution in [3.8, 4) is 17.2 Å². The Morgan fingerprint density at radius 3 is 2.06 bits per heavy atom. The molecule has 2 aromatic rings. The molecule has 1 N–H and O–H groups in total. The average molecular weight is 432 g/mol. The number of amides is 2. The molecule has 1 fully saturated rings. The SMILES string of the molecule is CCOc1cc(NC(=O)N2CCN(c3ccccc3F)CC2)cc(OCC)c1OCC. The van der Waals surface area contributed by atoms with E-state index in [1.165, 1.54) is 6.07 Å². The highest BCUT2D eigenvalue weighted by molar-refractivity contribution is 5.90. The zero-order valence-electron chi connectivity index (χ0n) is 18.3. The smallest absolute Gasteiger partial charge is 0.321 e. The molecule has 3 rings (SSSR count). The Morgan fingerprint density at radius 2 is 1.52 bits per heavy atom. The van der Waals surface area contributed by atoms with Crippen LogP contribution in [0, 0.1) is 5.82 Å². The molecule has 1 heterocycles. The van der Waals surface area contributed by atoms with Crippen LogP contribution in [-0.4, -0.2) is 56.9 Å². The van der Waals surface area contributed by atoms with E-state index in [9.17, 15) is 9.18 Å². The van der Waals surface area contributed by atoms with Crippen LogP contribution >= 0.6 is 0 Å². The monoisotopic (exact) mass is 431 g/mol. The van der Waals surface area contributed by atoms with Crippen molar-refractivity contribution in [2.45, 2.75) is 20.8 Å². The number of benzene rings is 2. The number of halogens is 1. The summed E-state index contributed by atoms with van der Waals surface area (Å²) >= 11 is 0. The van der Waals surface area contributed by atoms with Crippen LogP contribution in [0.4, 0.5) is 20.6 Å². The second-order valence-electron chi connectivity index (χ2n) is 6.96. The maximum atomic E-state index is 14.0. The number of hydrogen-bond donors (Lipinski definition) is 1. The fourth-order valence-electron chi connectivity index (χ4n) is 3.52. The van der Waals surface area contributed by atoms with Crippen LogP contribution in [-0.2, 0) is 0 Å². The molecule has 0 aliphatic carbocycles. The summed E-state index contributed by atoms with van der Waals surface area (Å²) in [7, 11) is 0. The lowest BCUT2D eigenvalue weighted by atomic mass is 10.2. The molecule has 0 atom stereocenters. The normalized spacial score (nSPS) is 13.7. The number of rotatable bonds is 8. The number of nitrogens with zero attached hydrogens (tertiary/aromatic N) is 2. The lowest BCUT2D eigenvalue weighted by Crippen LogP contribution is -2.50. The minimum Gasteiger partial charge on any atom is -0.490 e. The number of carbonyl (C=O) groups is 1. The van der Waals surface area contributed by atoms with Gasteiger partial charge in [0.25, 0.3) is 0 Å². The lowest BCUT2D eigenvalue weighted by molar-refractivity contribution is 0.208. The molecule has 0 saturated carbocycles. The summed E-state index contributed by atoms with van der Waals surface area (Å²) in [6, 6.07) is 9.96. The van der Waals surface area contributed by atoms with Gasteiger partial charge in [-0.3, -0.25) is 0 Å². The molecular formula is C23H30FN3O4. The number of anilines is 2. The standard InChI is InChI=1S/C23H30FN3O4/c1-4-29-20-15-17(16-21(30-5-2)22(20)31-6-3)25-23(28)27-13-11-26(12-14-27)19-10-8-7-9-18(19)24/h7-10,15-16H,4-6,11-14H2,1-3H3,(H,25,28). The molecule has 1 aliphatic rings. The molecule has 2 amide bonds. The zero-order chi connectivity index (χ0) is 22.2. The van der Waals surface area contributed by atoms with Gasteiger partial charge in [-0.15, -0.1) is 0 Å². The minimum atomic E-state index is -0.248. The maximum absolute atomic E-state index is 14.0. The molecular weight excluding hydrogens is 401 g/mol. The van der Waals surface area contributed by atoms with Crippen molar-refractivity contribution in [3.05, 3.63) is 42.2 Å². The van der Waals surface area contributed by atoms with Gasteiger partial charge in [-0.25, -0.2) is 9.18 Å². The quantitative estimate of drug-likeness (QED) is 0.672. The van der Waals surface area contributed by atoms with Gasteiger partial charge >= 0.3 is 6.03 Å². The Bertz CT molecular complexity index is 858. The Morgan fingerprint density at radius 1 is 0.935 bits per heavy atom. The largest absolute Gasteiger partial charge is 0.490 e. The van der Waals surface area contributed by atoms with Crippen molar-refractivity contribution < 1.29 is 23.4 Å². The number of para-hydroxylation sites is 1. The number of ether oxygens (including phenoxy) is 3. The molecule has 2 aromatic carbocycles. The van der Waals surface area contributed by atoms with Crippen LogP contribution in [0.1, 0.15) is 20.8 Å². The number of urea groups is 1. The van der Waals surface area contributed by atoms with E-state index in [2.05, 4.69) is 5.32 Å². The van der Waals surface area contributed by atoms with Crippen molar-refractivity contribution in [1.82, 2.24) is 4.90 Å². The third-order valence-electron chi connectivity index (χ3n) is 4.92. The van der Waals surface area contributed by atoms with E-state index in [4.69, 9.17) is 14.2 Å². The van der Waals surface area contributed by atoms with Gasteiger partial charge in [0.05, 0.1) is 31.2 Å². The van der Waals surface area contributed by atoms with E-state index >= 15 is 0 Å². The number of nitrogens with one attached hydrogen (secondary N) is 1. The Hall–Kier alpha value is -3.16. The first-order valence-corrected chi connectivity index (χ1v) is 10.7. The average Bonchev–Trinajstić information content (AvgIpc) is 2.77. The number of carbonyl (C=O) groups excluding carboxylic acids is 1. The number of piperazine rings is 1. The summed E-state index contributed by atoms with van der Waals surface area (Å²) in [4.78, 5) is 16.5. The fraction of sp³-hybridized carbons (Fsp3) is 0.435. The molecule has 7 nitrogen and oxygen atoms in total. The zero-order valence-corrected chi connectivity index (χ0v) is 18.3. The first-order valence-electron chi connectivity index (χ1n) is 10.7. The van der Waals surface area contributed by atoms with Gasteiger partial charge in [-0.1, -0.05) is 12.1 Å². The van der Waals surface area contributed by atoms with E-state index in [1.54, 1.807) is 29.2 Å². The van der Waals surface area contributed by atoms with E-state index in [0.29, 0.717) is 74.6 Å². The summed E-state index contributed by atoms with van der Waals surface area (Å²) in [5, 5.41) is 2.92. The van der Waals surface area contributed by atoms with Crippen molar-refractivity contribution >= 4 is 17.4 Å². The molecule has 1 aliphatic heterocycles. The maximum Gasteiger partial charge on any atom is 0.321 e. The third kappa shape index (κ3) is 5.51. The highest BCUT2D eigenvalue weighted by Crippen LogP contribution is 2.41. The highest BCUT2D eigenvalue weighted by Gasteiger charge is 2.24. The highest BCUT2D eigenvalue weighted by atomic mass is 19.1. The molecule has 168 valence electrons. The number of hydrogen-bond acceptors (Lipinski definition) is 5. The van der Waals surface area contributed by atoms with Crippen LogP contribution in [0.2, 0.25) is 0 Å². The Labute approximate surface area is 182 Å². The summed E-state index contributed by atoms with van der Waals surface area (Å²) in [6.07, 6.45) is 0. The van der Waals surface area contributed by atoms with Gasteiger partial charge in [-0.2, -0.15) is 0 Å². The lowest BCUT2D eigenvalue weighted by Gasteiger charge is -2.36. The molecule has 31 heavy (non-hydrogen) atoms. The molecule has 0 aromatic heterocycles. The molecule has 0 unspecified atom stereocenters. The minimum absolute atomic E-state index is 0.220. The molecule has 0 spiro atoms. The van der Waals surface area contributed by atoms with Crippen LogP contribution in [0.15, 0.2) is 36.4 Å². The van der Waals surface area contributed by atoms with Crippen LogP contribution < -0.4 is 24.4 Å². The molecule has 1 saturated heterocycles. The van der Waals surface area contributed by atoms with Gasteiger partial charge < -0.3 is 29.3 Å². The second kappa shape index (κ2) is 10.7. The molecule has 0 bridgehead atoms. The summed E-state index contributed by atoms with van der Waals surface area (Å²) in [5.74, 6) is 1.33. The van der Waals surface area contributed by atoms with E-state index < -0.39 is 0 Å². The predicted octanol–water partition coefficient (Wildman–Crippen LogP) is 4.38. The van der Waals surface area contributed by atoms with E-state index in [0.717, 1.165) is 0 Å². The van der Waals surface area contributed by atoms with Crippen LogP contribution in [0.3, 0.4) is 0 Å². The van der Waals surface area contributed by atoms with Crippen molar-refractivity contribution in [3.63, 3.8) is 0 Å². The Balaban J connectivity index is 1.69. The van der Waals surface area contributed by atoms with Crippen molar-refractivity contribution in [1.29, 1.82) is 0 Å².